The predicted molar refractivity (Wildman–Crippen MR) is 119 cm³/mol. The van der Waals surface area contributed by atoms with E-state index in [0.29, 0.717) is 0 Å². The van der Waals surface area contributed by atoms with Gasteiger partial charge in [0.05, 0.1) is 0 Å². The average Bonchev–Trinajstić information content (AvgIpc) is 2.66. The molecule has 5 nitrogen and oxygen atoms in total. The predicted octanol–water partition coefficient (Wildman–Crippen LogP) is 3.28. The number of benzene rings is 1. The Morgan fingerprint density at radius 2 is 1.73 bits per heavy atom. The van der Waals surface area contributed by atoms with Crippen molar-refractivity contribution in [3.8, 4) is 0 Å². The fourth-order valence-corrected chi connectivity index (χ4v) is 3.08. The number of amides is 1. The molecule has 0 radical (unpaired) electrons. The van der Waals surface area contributed by atoms with E-state index in [1.165, 1.54) is 17.5 Å². The number of rotatable bonds is 6. The molecule has 26 heavy (non-hydrogen) atoms. The lowest BCUT2D eigenvalue weighted by molar-refractivity contribution is -0.130. The van der Waals surface area contributed by atoms with Gasteiger partial charge in [-0.2, -0.15) is 0 Å². The maximum absolute atomic E-state index is 12.3. The minimum Gasteiger partial charge on any atom is -0.357 e. The molecular weight excluding hydrogens is 439 g/mol. The summed E-state index contributed by atoms with van der Waals surface area (Å²) < 4.78 is 0. The second-order valence-electron chi connectivity index (χ2n) is 6.64. The average molecular weight is 472 g/mol. The number of aryl methyl sites for hydroxylation is 1. The maximum Gasteiger partial charge on any atom is 0.244 e. The van der Waals surface area contributed by atoms with Crippen molar-refractivity contribution in [3.05, 3.63) is 35.4 Å². The van der Waals surface area contributed by atoms with Gasteiger partial charge in [0, 0.05) is 33.2 Å². The lowest BCUT2D eigenvalue weighted by Crippen LogP contribution is -2.41. The summed E-state index contributed by atoms with van der Waals surface area (Å²) in [5.41, 5.74) is 2.59. The molecule has 1 saturated heterocycles. The van der Waals surface area contributed by atoms with Gasteiger partial charge in [-0.1, -0.05) is 31.2 Å². The third kappa shape index (κ3) is 7.13. The highest BCUT2D eigenvalue weighted by molar-refractivity contribution is 14.0. The number of carbonyl (C=O) groups excluding carboxylic acids is 1. The highest BCUT2D eigenvalue weighted by atomic mass is 127. The number of likely N-dealkylation sites (tertiary alicyclic amines) is 1. The molecule has 0 bridgehead atoms. The van der Waals surface area contributed by atoms with Crippen molar-refractivity contribution in [3.63, 3.8) is 0 Å². The van der Waals surface area contributed by atoms with Gasteiger partial charge in [0.25, 0.3) is 0 Å². The maximum atomic E-state index is 12.3. The third-order valence-electron chi connectivity index (χ3n) is 4.62. The molecule has 0 aromatic heterocycles. The van der Waals surface area contributed by atoms with Gasteiger partial charge in [0.2, 0.25) is 5.91 Å². The smallest absolute Gasteiger partial charge is 0.244 e. The van der Waals surface area contributed by atoms with Gasteiger partial charge in [0.15, 0.2) is 5.96 Å². The van der Waals surface area contributed by atoms with Crippen LogP contribution in [0.4, 0.5) is 0 Å². The first-order valence-electron chi connectivity index (χ1n) is 9.49. The van der Waals surface area contributed by atoms with Gasteiger partial charge >= 0.3 is 0 Å². The molecule has 0 atom stereocenters. The Bertz CT molecular complexity index is 568. The van der Waals surface area contributed by atoms with Gasteiger partial charge in [-0.05, 0) is 43.7 Å². The molecular formula is C20H33IN4O. The number of guanidine groups is 1. The number of hydrogen-bond acceptors (Lipinski definition) is 2. The van der Waals surface area contributed by atoms with Crippen molar-refractivity contribution in [2.75, 3.05) is 33.2 Å². The van der Waals surface area contributed by atoms with Crippen LogP contribution in [-0.2, 0) is 17.8 Å². The molecule has 1 heterocycles. The molecule has 2 rings (SSSR count). The number of nitrogens with zero attached hydrogens (tertiary/aromatic N) is 3. The van der Waals surface area contributed by atoms with Crippen LogP contribution < -0.4 is 5.32 Å². The zero-order valence-electron chi connectivity index (χ0n) is 16.3. The van der Waals surface area contributed by atoms with E-state index in [2.05, 4.69) is 46.4 Å². The summed E-state index contributed by atoms with van der Waals surface area (Å²) in [6.45, 7) is 7.75. The zero-order valence-corrected chi connectivity index (χ0v) is 18.7. The van der Waals surface area contributed by atoms with Gasteiger partial charge in [-0.15, -0.1) is 24.0 Å². The number of piperidine rings is 1. The molecule has 1 fully saturated rings. The first-order chi connectivity index (χ1) is 12.1. The topological polar surface area (TPSA) is 47.9 Å². The SMILES string of the molecule is CCNC(=NCC(=O)N1CCCCC1)N(C)Cc1ccc(CC)cc1.I. The Labute approximate surface area is 175 Å². The van der Waals surface area contributed by atoms with Crippen LogP contribution in [0, 0.1) is 0 Å². The molecule has 1 aliphatic rings. The van der Waals surface area contributed by atoms with Crippen LogP contribution in [0.2, 0.25) is 0 Å². The van der Waals surface area contributed by atoms with E-state index < -0.39 is 0 Å². The molecule has 0 unspecified atom stereocenters. The van der Waals surface area contributed by atoms with Crippen LogP contribution in [0.5, 0.6) is 0 Å². The van der Waals surface area contributed by atoms with E-state index in [0.717, 1.165) is 51.4 Å². The minimum absolute atomic E-state index is 0. The molecule has 0 aliphatic carbocycles. The third-order valence-corrected chi connectivity index (χ3v) is 4.62. The van der Waals surface area contributed by atoms with E-state index in [1.807, 2.05) is 18.9 Å². The van der Waals surface area contributed by atoms with Crippen LogP contribution in [0.1, 0.15) is 44.2 Å². The van der Waals surface area contributed by atoms with Gasteiger partial charge in [-0.3, -0.25) is 4.79 Å². The Balaban J connectivity index is 0.00000338. The van der Waals surface area contributed by atoms with E-state index in [4.69, 9.17) is 0 Å². The Morgan fingerprint density at radius 1 is 1.12 bits per heavy atom. The monoisotopic (exact) mass is 472 g/mol. The molecule has 0 spiro atoms. The molecule has 1 amide bonds. The molecule has 146 valence electrons. The Kier molecular flexibility index (Phi) is 10.6. The normalized spacial score (nSPS) is 14.6. The fraction of sp³-hybridized carbons (Fsp3) is 0.600. The van der Waals surface area contributed by atoms with Crippen molar-refractivity contribution in [1.29, 1.82) is 0 Å². The quantitative estimate of drug-likeness (QED) is 0.393. The van der Waals surface area contributed by atoms with Crippen molar-refractivity contribution >= 4 is 35.8 Å². The number of hydrogen-bond donors (Lipinski definition) is 1. The van der Waals surface area contributed by atoms with Crippen LogP contribution in [-0.4, -0.2) is 54.9 Å². The molecule has 6 heteroatoms. The lowest BCUT2D eigenvalue weighted by atomic mass is 10.1. The fourth-order valence-electron chi connectivity index (χ4n) is 3.08. The summed E-state index contributed by atoms with van der Waals surface area (Å²) in [7, 11) is 2.01. The van der Waals surface area contributed by atoms with Gasteiger partial charge < -0.3 is 15.1 Å². The number of carbonyl (C=O) groups is 1. The number of halogens is 1. The van der Waals surface area contributed by atoms with Gasteiger partial charge in [-0.25, -0.2) is 4.99 Å². The summed E-state index contributed by atoms with van der Waals surface area (Å²) in [6.07, 6.45) is 4.51. The van der Waals surface area contributed by atoms with E-state index in [-0.39, 0.29) is 36.4 Å². The number of nitrogens with one attached hydrogen (secondary N) is 1. The first kappa shape index (κ1) is 22.7. The first-order valence-corrected chi connectivity index (χ1v) is 9.49. The summed E-state index contributed by atoms with van der Waals surface area (Å²) in [6, 6.07) is 8.68. The summed E-state index contributed by atoms with van der Waals surface area (Å²) in [5.74, 6) is 0.920. The van der Waals surface area contributed by atoms with E-state index >= 15 is 0 Å². The summed E-state index contributed by atoms with van der Waals surface area (Å²) in [4.78, 5) is 20.9. The standard InChI is InChI=1S/C20H32N4O.HI/c1-4-17-9-11-18(12-10-17)16-23(3)20(21-5-2)22-15-19(25)24-13-7-6-8-14-24;/h9-12H,4-8,13-16H2,1-3H3,(H,21,22);1H. The molecule has 1 aromatic carbocycles. The van der Waals surface area contributed by atoms with Crippen LogP contribution in [0.15, 0.2) is 29.3 Å². The van der Waals surface area contributed by atoms with Crippen molar-refractivity contribution in [2.24, 2.45) is 4.99 Å². The Hall–Kier alpha value is -1.31. The molecule has 1 aliphatic heterocycles. The van der Waals surface area contributed by atoms with Crippen LogP contribution >= 0.6 is 24.0 Å². The highest BCUT2D eigenvalue weighted by Crippen LogP contribution is 2.09. The highest BCUT2D eigenvalue weighted by Gasteiger charge is 2.16. The molecule has 0 saturated carbocycles. The zero-order chi connectivity index (χ0) is 18.1. The summed E-state index contributed by atoms with van der Waals surface area (Å²) in [5, 5.41) is 3.29. The molecule has 1 aromatic rings. The Morgan fingerprint density at radius 3 is 2.31 bits per heavy atom. The van der Waals surface area contributed by atoms with E-state index in [9.17, 15) is 4.79 Å². The van der Waals surface area contributed by atoms with E-state index in [1.54, 1.807) is 0 Å². The van der Waals surface area contributed by atoms with Crippen molar-refractivity contribution in [1.82, 2.24) is 15.1 Å². The summed E-state index contributed by atoms with van der Waals surface area (Å²) >= 11 is 0. The molecule has 1 N–H and O–H groups in total. The minimum atomic E-state index is 0. The second kappa shape index (κ2) is 12.1. The number of aliphatic imine (C=N–C) groups is 1. The van der Waals surface area contributed by atoms with Crippen LogP contribution in [0.25, 0.3) is 0 Å². The second-order valence-corrected chi connectivity index (χ2v) is 6.64. The lowest BCUT2D eigenvalue weighted by Gasteiger charge is -2.27. The van der Waals surface area contributed by atoms with Crippen molar-refractivity contribution < 1.29 is 4.79 Å². The largest absolute Gasteiger partial charge is 0.357 e. The van der Waals surface area contributed by atoms with Crippen LogP contribution in [0.3, 0.4) is 0 Å². The van der Waals surface area contributed by atoms with Crippen molar-refractivity contribution in [2.45, 2.75) is 46.1 Å². The van der Waals surface area contributed by atoms with Gasteiger partial charge in [0.1, 0.15) is 6.54 Å².